The van der Waals surface area contributed by atoms with Crippen molar-refractivity contribution in [3.05, 3.63) is 29.8 Å². The summed E-state index contributed by atoms with van der Waals surface area (Å²) in [6.07, 6.45) is 0. The Kier molecular flexibility index (Phi) is 4.13. The zero-order chi connectivity index (χ0) is 15.8. The fourth-order valence-corrected chi connectivity index (χ4v) is 3.05. The van der Waals surface area contributed by atoms with E-state index in [2.05, 4.69) is 31.0 Å². The Morgan fingerprint density at radius 2 is 1.71 bits per heavy atom. The van der Waals surface area contributed by atoms with Crippen LogP contribution < -0.4 is 0 Å². The highest BCUT2D eigenvalue weighted by molar-refractivity contribution is 8.13. The summed E-state index contributed by atoms with van der Waals surface area (Å²) in [5.41, 5.74) is 2.06. The first-order chi connectivity index (χ1) is 9.64. The largest absolute Gasteiger partial charge is 0.297 e. The highest BCUT2D eigenvalue weighted by atomic mass is 35.7. The van der Waals surface area contributed by atoms with E-state index in [9.17, 15) is 8.42 Å². The fraction of sp³-hybridized carbons (Fsp3) is 0.429. The van der Waals surface area contributed by atoms with Crippen molar-refractivity contribution in [3.8, 4) is 11.4 Å². The predicted molar refractivity (Wildman–Crippen MR) is 82.9 cm³/mol. The first-order valence-corrected chi connectivity index (χ1v) is 8.94. The van der Waals surface area contributed by atoms with Crippen LogP contribution >= 0.6 is 10.7 Å². The van der Waals surface area contributed by atoms with Gasteiger partial charge in [-0.3, -0.25) is 4.57 Å². The average Bonchev–Trinajstić information content (AvgIpc) is 2.81. The Morgan fingerprint density at radius 1 is 1.14 bits per heavy atom. The Balaban J connectivity index is 2.51. The van der Waals surface area contributed by atoms with Gasteiger partial charge in [-0.2, -0.15) is 0 Å². The molecule has 0 saturated heterocycles. The molecule has 2 rings (SSSR count). The van der Waals surface area contributed by atoms with E-state index in [0.717, 1.165) is 5.56 Å². The molecule has 0 radical (unpaired) electrons. The molecule has 0 spiro atoms. The van der Waals surface area contributed by atoms with Crippen LogP contribution in [0, 0.1) is 0 Å². The van der Waals surface area contributed by atoms with E-state index in [-0.39, 0.29) is 10.6 Å². The van der Waals surface area contributed by atoms with Crippen molar-refractivity contribution in [3.63, 3.8) is 0 Å². The van der Waals surface area contributed by atoms with Gasteiger partial charge in [-0.15, -0.1) is 10.2 Å². The lowest BCUT2D eigenvalue weighted by Crippen LogP contribution is -2.10. The number of aromatic nitrogens is 3. The zero-order valence-electron chi connectivity index (χ0n) is 12.5. The second kappa shape index (κ2) is 5.42. The molecule has 114 valence electrons. The first-order valence-electron chi connectivity index (χ1n) is 6.63. The maximum absolute atomic E-state index is 11.5. The molecule has 1 aromatic carbocycles. The smallest absolute Gasteiger partial charge is 0.296 e. The van der Waals surface area contributed by atoms with E-state index in [1.54, 1.807) is 0 Å². The molecular formula is C14H18ClN3O2S. The molecule has 0 unspecified atom stereocenters. The predicted octanol–water partition coefficient (Wildman–Crippen LogP) is 3.19. The summed E-state index contributed by atoms with van der Waals surface area (Å²) in [4.78, 5) is 0. The number of hydrogen-bond donors (Lipinski definition) is 0. The van der Waals surface area contributed by atoms with Crippen LogP contribution in [0.4, 0.5) is 0 Å². The molecule has 7 heteroatoms. The average molecular weight is 328 g/mol. The molecule has 0 saturated carbocycles. The third-order valence-electron chi connectivity index (χ3n) is 3.26. The lowest BCUT2D eigenvalue weighted by atomic mass is 9.87. The summed E-state index contributed by atoms with van der Waals surface area (Å²) in [6.45, 7) is 8.64. The molecule has 0 aliphatic rings. The van der Waals surface area contributed by atoms with Crippen molar-refractivity contribution in [2.45, 2.75) is 44.8 Å². The molecule has 1 heterocycles. The molecule has 21 heavy (non-hydrogen) atoms. The van der Waals surface area contributed by atoms with Gasteiger partial charge in [0.1, 0.15) is 0 Å². The van der Waals surface area contributed by atoms with Crippen LogP contribution in [0.5, 0.6) is 0 Å². The monoisotopic (exact) mass is 327 g/mol. The molecule has 2 aromatic rings. The molecular weight excluding hydrogens is 310 g/mol. The topological polar surface area (TPSA) is 64.8 Å². The summed E-state index contributed by atoms with van der Waals surface area (Å²) >= 11 is 0. The van der Waals surface area contributed by atoms with Gasteiger partial charge in [0.2, 0.25) is 0 Å². The highest BCUT2D eigenvalue weighted by Gasteiger charge is 2.22. The number of halogens is 1. The maximum atomic E-state index is 11.5. The van der Waals surface area contributed by atoms with Crippen LogP contribution in [0.25, 0.3) is 11.4 Å². The summed E-state index contributed by atoms with van der Waals surface area (Å²) < 4.78 is 24.5. The normalized spacial score (nSPS) is 12.6. The van der Waals surface area contributed by atoms with Gasteiger partial charge in [0, 0.05) is 22.8 Å². The van der Waals surface area contributed by atoms with Crippen molar-refractivity contribution in [2.75, 3.05) is 0 Å². The molecule has 0 amide bonds. The molecule has 0 atom stereocenters. The Hall–Kier alpha value is -1.40. The van der Waals surface area contributed by atoms with Gasteiger partial charge in [0.05, 0.1) is 0 Å². The molecule has 0 aliphatic carbocycles. The van der Waals surface area contributed by atoms with Crippen LogP contribution in [-0.2, 0) is 21.0 Å². The molecule has 0 aliphatic heterocycles. The van der Waals surface area contributed by atoms with Crippen LogP contribution in [0.2, 0.25) is 0 Å². The Labute approximate surface area is 129 Å². The maximum Gasteiger partial charge on any atom is 0.296 e. The number of rotatable bonds is 3. The lowest BCUT2D eigenvalue weighted by Gasteiger charge is -2.19. The first kappa shape index (κ1) is 16.0. The Bertz CT molecular complexity index is 744. The number of nitrogens with zero attached hydrogens (tertiary/aromatic N) is 3. The van der Waals surface area contributed by atoms with Crippen LogP contribution in [0.1, 0.15) is 33.3 Å². The van der Waals surface area contributed by atoms with E-state index in [4.69, 9.17) is 10.7 Å². The molecule has 0 fully saturated rings. The number of benzene rings is 1. The van der Waals surface area contributed by atoms with E-state index < -0.39 is 9.05 Å². The van der Waals surface area contributed by atoms with Crippen molar-refractivity contribution < 1.29 is 8.42 Å². The minimum atomic E-state index is -3.90. The van der Waals surface area contributed by atoms with Crippen molar-refractivity contribution in [1.29, 1.82) is 0 Å². The molecule has 0 bridgehead atoms. The van der Waals surface area contributed by atoms with Crippen LogP contribution in [0.15, 0.2) is 29.4 Å². The fourth-order valence-electron chi connectivity index (χ4n) is 2.09. The van der Waals surface area contributed by atoms with Crippen LogP contribution in [0.3, 0.4) is 0 Å². The van der Waals surface area contributed by atoms with Gasteiger partial charge in [0.15, 0.2) is 5.82 Å². The van der Waals surface area contributed by atoms with E-state index in [0.29, 0.717) is 12.4 Å². The summed E-state index contributed by atoms with van der Waals surface area (Å²) in [6, 6.07) is 7.86. The molecule has 1 aromatic heterocycles. The van der Waals surface area contributed by atoms with Gasteiger partial charge >= 0.3 is 0 Å². The van der Waals surface area contributed by atoms with Gasteiger partial charge in [-0.25, -0.2) is 8.42 Å². The van der Waals surface area contributed by atoms with Gasteiger partial charge in [-0.05, 0) is 17.9 Å². The minimum Gasteiger partial charge on any atom is -0.297 e. The molecule has 0 N–H and O–H groups in total. The van der Waals surface area contributed by atoms with E-state index >= 15 is 0 Å². The van der Waals surface area contributed by atoms with Crippen molar-refractivity contribution >= 4 is 19.7 Å². The second-order valence-electron chi connectivity index (χ2n) is 5.82. The SMILES string of the molecule is CCn1c(-c2ccc(C(C)(C)C)cc2)nnc1S(=O)(=O)Cl. The zero-order valence-corrected chi connectivity index (χ0v) is 14.0. The minimum absolute atomic E-state index is 0.0571. The Morgan fingerprint density at radius 3 is 2.14 bits per heavy atom. The van der Waals surface area contributed by atoms with Gasteiger partial charge < -0.3 is 0 Å². The summed E-state index contributed by atoms with van der Waals surface area (Å²) in [5, 5.41) is 7.44. The summed E-state index contributed by atoms with van der Waals surface area (Å²) in [5.74, 6) is 0.497. The quantitative estimate of drug-likeness (QED) is 0.812. The third-order valence-corrected chi connectivity index (χ3v) is 4.41. The lowest BCUT2D eigenvalue weighted by molar-refractivity contribution is 0.582. The molecule has 5 nitrogen and oxygen atoms in total. The highest BCUT2D eigenvalue weighted by Crippen LogP contribution is 2.26. The summed E-state index contributed by atoms with van der Waals surface area (Å²) in [7, 11) is 1.47. The van der Waals surface area contributed by atoms with Gasteiger partial charge in [-0.1, -0.05) is 45.0 Å². The standard InChI is InChI=1S/C14H18ClN3O2S/c1-5-18-12(16-17-13(18)21(15,19)20)10-6-8-11(9-7-10)14(2,3)4/h6-9H,5H2,1-4H3. The van der Waals surface area contributed by atoms with Crippen LogP contribution in [-0.4, -0.2) is 23.2 Å². The van der Waals surface area contributed by atoms with Crippen molar-refractivity contribution in [1.82, 2.24) is 14.8 Å². The van der Waals surface area contributed by atoms with Crippen molar-refractivity contribution in [2.24, 2.45) is 0 Å². The van der Waals surface area contributed by atoms with E-state index in [1.165, 1.54) is 10.1 Å². The van der Waals surface area contributed by atoms with E-state index in [1.807, 2.05) is 31.2 Å². The number of hydrogen-bond acceptors (Lipinski definition) is 4. The second-order valence-corrected chi connectivity index (χ2v) is 8.28. The third kappa shape index (κ3) is 3.27. The van der Waals surface area contributed by atoms with Gasteiger partial charge in [0.25, 0.3) is 14.2 Å².